The molecule has 1 atom stereocenters. The number of methoxy groups -OCH3 is 1. The SMILES string of the molecule is COc1ncccc1C(=O)N1CCCC[C@@H]1c1ccn2nc(C)cc2n1. The second-order valence-electron chi connectivity index (χ2n) is 6.51. The second-order valence-corrected chi connectivity index (χ2v) is 6.51. The first kappa shape index (κ1) is 16.5. The first-order valence-electron chi connectivity index (χ1n) is 8.80. The Morgan fingerprint density at radius 3 is 3.04 bits per heavy atom. The topological polar surface area (TPSA) is 72.6 Å². The Bertz CT molecular complexity index is 952. The summed E-state index contributed by atoms with van der Waals surface area (Å²) in [5.41, 5.74) is 3.11. The van der Waals surface area contributed by atoms with E-state index in [1.807, 2.05) is 30.2 Å². The summed E-state index contributed by atoms with van der Waals surface area (Å²) >= 11 is 0. The zero-order chi connectivity index (χ0) is 18.1. The number of amides is 1. The van der Waals surface area contributed by atoms with Gasteiger partial charge in [-0.3, -0.25) is 4.79 Å². The quantitative estimate of drug-likeness (QED) is 0.725. The first-order valence-corrected chi connectivity index (χ1v) is 8.80. The van der Waals surface area contributed by atoms with Gasteiger partial charge in [-0.1, -0.05) is 0 Å². The van der Waals surface area contributed by atoms with Gasteiger partial charge in [0.1, 0.15) is 5.56 Å². The minimum atomic E-state index is -0.0639. The third-order valence-electron chi connectivity index (χ3n) is 4.77. The fourth-order valence-electron chi connectivity index (χ4n) is 3.55. The maximum Gasteiger partial charge on any atom is 0.259 e. The van der Waals surface area contributed by atoms with Crippen LogP contribution in [0.15, 0.2) is 36.7 Å². The number of aryl methyl sites for hydroxylation is 1. The van der Waals surface area contributed by atoms with Gasteiger partial charge in [0.25, 0.3) is 5.91 Å². The average Bonchev–Trinajstić information content (AvgIpc) is 3.06. The number of hydrogen-bond donors (Lipinski definition) is 0. The minimum absolute atomic E-state index is 0.0543. The van der Waals surface area contributed by atoms with Gasteiger partial charge >= 0.3 is 0 Å². The molecule has 1 amide bonds. The van der Waals surface area contributed by atoms with Crippen molar-refractivity contribution in [2.24, 2.45) is 0 Å². The summed E-state index contributed by atoms with van der Waals surface area (Å²) in [6, 6.07) is 7.37. The van der Waals surface area contributed by atoms with Gasteiger partial charge in [0, 0.05) is 25.0 Å². The number of aromatic nitrogens is 4. The smallest absolute Gasteiger partial charge is 0.259 e. The number of pyridine rings is 1. The lowest BCUT2D eigenvalue weighted by molar-refractivity contribution is 0.0602. The zero-order valence-corrected chi connectivity index (χ0v) is 14.9. The van der Waals surface area contributed by atoms with Gasteiger partial charge in [0.05, 0.1) is 24.5 Å². The highest BCUT2D eigenvalue weighted by Crippen LogP contribution is 2.32. The van der Waals surface area contributed by atoms with Crippen LogP contribution in [0.1, 0.15) is 47.1 Å². The number of piperidine rings is 1. The Morgan fingerprint density at radius 2 is 2.19 bits per heavy atom. The summed E-state index contributed by atoms with van der Waals surface area (Å²) in [6.07, 6.45) is 6.49. The van der Waals surface area contributed by atoms with E-state index >= 15 is 0 Å². The molecule has 1 fully saturated rings. The van der Waals surface area contributed by atoms with E-state index in [0.717, 1.165) is 36.3 Å². The summed E-state index contributed by atoms with van der Waals surface area (Å²) in [5.74, 6) is 0.294. The molecule has 3 aromatic rings. The average molecular weight is 351 g/mol. The summed E-state index contributed by atoms with van der Waals surface area (Å²) in [5, 5.41) is 4.37. The van der Waals surface area contributed by atoms with Crippen LogP contribution < -0.4 is 4.74 Å². The van der Waals surface area contributed by atoms with Crippen molar-refractivity contribution in [3.05, 3.63) is 53.6 Å². The summed E-state index contributed by atoms with van der Waals surface area (Å²) in [4.78, 5) is 24.0. The van der Waals surface area contributed by atoms with Gasteiger partial charge in [-0.05, 0) is 44.4 Å². The minimum Gasteiger partial charge on any atom is -0.480 e. The van der Waals surface area contributed by atoms with E-state index in [1.54, 1.807) is 22.8 Å². The van der Waals surface area contributed by atoms with Crippen LogP contribution in [-0.2, 0) is 0 Å². The predicted molar refractivity (Wildman–Crippen MR) is 96.1 cm³/mol. The molecule has 4 heterocycles. The standard InChI is InChI=1S/C19H21N5O2/c1-13-12-17-21-15(8-11-24(17)22-13)16-7-3-4-10-23(16)19(25)14-6-5-9-20-18(14)26-2/h5-6,8-9,11-12,16H,3-4,7,10H2,1-2H3/t16-/m1/s1. The Labute approximate surface area is 151 Å². The molecular weight excluding hydrogens is 330 g/mol. The van der Waals surface area contributed by atoms with Crippen LogP contribution >= 0.6 is 0 Å². The number of ether oxygens (including phenoxy) is 1. The number of carbonyl (C=O) groups is 1. The molecule has 0 aliphatic carbocycles. The fraction of sp³-hybridized carbons (Fsp3) is 0.368. The van der Waals surface area contributed by atoms with E-state index in [0.29, 0.717) is 18.0 Å². The lowest BCUT2D eigenvalue weighted by atomic mass is 9.98. The first-order chi connectivity index (χ1) is 12.7. The third kappa shape index (κ3) is 2.89. The van der Waals surface area contributed by atoms with Crippen molar-refractivity contribution in [1.82, 2.24) is 24.5 Å². The van der Waals surface area contributed by atoms with Crippen LogP contribution in [0, 0.1) is 6.92 Å². The van der Waals surface area contributed by atoms with Gasteiger partial charge in [0.2, 0.25) is 5.88 Å². The molecule has 1 aliphatic heterocycles. The van der Waals surface area contributed by atoms with Crippen molar-refractivity contribution < 1.29 is 9.53 Å². The number of likely N-dealkylation sites (tertiary alicyclic amines) is 1. The number of carbonyl (C=O) groups excluding carboxylic acids is 1. The number of hydrogen-bond acceptors (Lipinski definition) is 5. The van der Waals surface area contributed by atoms with Gasteiger partial charge in [-0.15, -0.1) is 0 Å². The summed E-state index contributed by atoms with van der Waals surface area (Å²) < 4.78 is 7.03. The van der Waals surface area contributed by atoms with Crippen molar-refractivity contribution >= 4 is 11.6 Å². The molecule has 0 N–H and O–H groups in total. The highest BCUT2D eigenvalue weighted by atomic mass is 16.5. The normalized spacial score (nSPS) is 17.5. The van der Waals surface area contributed by atoms with Gasteiger partial charge in [-0.25, -0.2) is 14.5 Å². The van der Waals surface area contributed by atoms with Gasteiger partial charge < -0.3 is 9.64 Å². The molecule has 1 saturated heterocycles. The van der Waals surface area contributed by atoms with Crippen LogP contribution in [0.2, 0.25) is 0 Å². The van der Waals surface area contributed by atoms with Crippen LogP contribution in [0.5, 0.6) is 5.88 Å². The molecule has 4 rings (SSSR count). The fourth-order valence-corrected chi connectivity index (χ4v) is 3.55. The lowest BCUT2D eigenvalue weighted by Crippen LogP contribution is -2.39. The molecule has 0 unspecified atom stereocenters. The van der Waals surface area contributed by atoms with Crippen molar-refractivity contribution in [2.45, 2.75) is 32.2 Å². The Balaban J connectivity index is 1.70. The third-order valence-corrected chi connectivity index (χ3v) is 4.77. The molecule has 0 aromatic carbocycles. The van der Waals surface area contributed by atoms with Crippen molar-refractivity contribution in [2.75, 3.05) is 13.7 Å². The van der Waals surface area contributed by atoms with E-state index in [-0.39, 0.29) is 11.9 Å². The van der Waals surface area contributed by atoms with Crippen molar-refractivity contribution in [3.63, 3.8) is 0 Å². The van der Waals surface area contributed by atoms with E-state index in [4.69, 9.17) is 9.72 Å². The maximum atomic E-state index is 13.2. The molecule has 1 aliphatic rings. The maximum absolute atomic E-state index is 13.2. The summed E-state index contributed by atoms with van der Waals surface area (Å²) in [6.45, 7) is 2.65. The van der Waals surface area contributed by atoms with Gasteiger partial charge in [0.15, 0.2) is 5.65 Å². The molecule has 0 radical (unpaired) electrons. The van der Waals surface area contributed by atoms with E-state index in [2.05, 4.69) is 10.1 Å². The molecule has 7 nitrogen and oxygen atoms in total. The number of fused-ring (bicyclic) bond motifs is 1. The Hall–Kier alpha value is -2.96. The van der Waals surface area contributed by atoms with E-state index < -0.39 is 0 Å². The predicted octanol–water partition coefficient (Wildman–Crippen LogP) is 2.81. The molecule has 134 valence electrons. The number of nitrogens with zero attached hydrogens (tertiary/aromatic N) is 5. The molecular formula is C19H21N5O2. The largest absolute Gasteiger partial charge is 0.480 e. The van der Waals surface area contributed by atoms with Crippen LogP contribution in [0.3, 0.4) is 0 Å². The molecule has 0 bridgehead atoms. The molecule has 0 saturated carbocycles. The Kier molecular flexibility index (Phi) is 4.28. The summed E-state index contributed by atoms with van der Waals surface area (Å²) in [7, 11) is 1.53. The highest BCUT2D eigenvalue weighted by molar-refractivity contribution is 5.96. The zero-order valence-electron chi connectivity index (χ0n) is 14.9. The van der Waals surface area contributed by atoms with Crippen molar-refractivity contribution in [1.29, 1.82) is 0 Å². The van der Waals surface area contributed by atoms with Crippen LogP contribution in [-0.4, -0.2) is 44.0 Å². The highest BCUT2D eigenvalue weighted by Gasteiger charge is 2.31. The lowest BCUT2D eigenvalue weighted by Gasteiger charge is -2.35. The van der Waals surface area contributed by atoms with E-state index in [9.17, 15) is 4.79 Å². The number of rotatable bonds is 3. The Morgan fingerprint density at radius 1 is 1.31 bits per heavy atom. The molecule has 0 spiro atoms. The molecule has 7 heteroatoms. The van der Waals surface area contributed by atoms with E-state index in [1.165, 1.54) is 7.11 Å². The van der Waals surface area contributed by atoms with Crippen LogP contribution in [0.4, 0.5) is 0 Å². The molecule has 3 aromatic heterocycles. The van der Waals surface area contributed by atoms with Gasteiger partial charge in [-0.2, -0.15) is 5.10 Å². The van der Waals surface area contributed by atoms with Crippen molar-refractivity contribution in [3.8, 4) is 5.88 Å². The molecule has 26 heavy (non-hydrogen) atoms. The van der Waals surface area contributed by atoms with Crippen LogP contribution in [0.25, 0.3) is 5.65 Å². The second kappa shape index (κ2) is 6.74. The monoisotopic (exact) mass is 351 g/mol.